The molecule has 0 radical (unpaired) electrons. The highest BCUT2D eigenvalue weighted by molar-refractivity contribution is 8.78. The second kappa shape index (κ2) is 7.51. The molecule has 1 aromatic carbocycles. The van der Waals surface area contributed by atoms with Crippen molar-refractivity contribution in [3.8, 4) is 0 Å². The van der Waals surface area contributed by atoms with Crippen molar-refractivity contribution in [1.82, 2.24) is 0 Å². The summed E-state index contributed by atoms with van der Waals surface area (Å²) in [5.41, 5.74) is -0.998. The molecule has 0 aliphatic heterocycles. The molecule has 2 nitrogen and oxygen atoms in total. The van der Waals surface area contributed by atoms with Gasteiger partial charge < -0.3 is 0 Å². The number of isothiocyanates is 2. The zero-order chi connectivity index (χ0) is 16.1. The van der Waals surface area contributed by atoms with E-state index in [2.05, 4.69) is 58.4 Å². The largest absolute Gasteiger partial charge is 0.219 e. The van der Waals surface area contributed by atoms with Crippen molar-refractivity contribution in [2.24, 2.45) is 15.4 Å². The van der Waals surface area contributed by atoms with Gasteiger partial charge in [0.05, 0.1) is 10.3 Å². The van der Waals surface area contributed by atoms with Crippen LogP contribution in [-0.2, 0) is 0 Å². The number of rotatable bonds is 5. The first-order chi connectivity index (χ1) is 10.5. The lowest BCUT2D eigenvalue weighted by Gasteiger charge is -2.30. The van der Waals surface area contributed by atoms with Gasteiger partial charge in [-0.05, 0) is 42.6 Å². The maximum atomic E-state index is 4.79. The molecule has 0 atom stereocenters. The minimum Gasteiger partial charge on any atom is -0.191 e. The Labute approximate surface area is 149 Å². The van der Waals surface area contributed by atoms with E-state index in [4.69, 9.17) is 24.4 Å². The molecular formula is C16H14N2S4. The highest BCUT2D eigenvalue weighted by Crippen LogP contribution is 2.48. The number of aliphatic imine (C=N–C) groups is 2. The standard InChI is InChI=1S/C16H14N2S4/c1-15(2)8-9-16(17-11-19,18-12-20)14(10-15)22-21-13-6-4-3-5-7-13/h3-10H,1-2H3. The topological polar surface area (TPSA) is 24.7 Å². The van der Waals surface area contributed by atoms with E-state index in [1.165, 1.54) is 0 Å². The third-order valence-electron chi connectivity index (χ3n) is 3.01. The van der Waals surface area contributed by atoms with Crippen molar-refractivity contribution >= 4 is 56.3 Å². The van der Waals surface area contributed by atoms with Gasteiger partial charge in [0.15, 0.2) is 0 Å². The van der Waals surface area contributed by atoms with E-state index in [1.807, 2.05) is 24.3 Å². The maximum Gasteiger partial charge on any atom is 0.219 e. The van der Waals surface area contributed by atoms with Crippen LogP contribution < -0.4 is 0 Å². The van der Waals surface area contributed by atoms with Crippen LogP contribution in [0.5, 0.6) is 0 Å². The summed E-state index contributed by atoms with van der Waals surface area (Å²) in [7, 11) is 3.26. The third kappa shape index (κ3) is 4.26. The predicted molar refractivity (Wildman–Crippen MR) is 104 cm³/mol. The molecule has 0 bridgehead atoms. The van der Waals surface area contributed by atoms with Gasteiger partial charge in [-0.15, -0.1) is 0 Å². The predicted octanol–water partition coefficient (Wildman–Crippen LogP) is 5.81. The molecule has 1 aliphatic rings. The minimum atomic E-state index is -0.925. The molecule has 2 rings (SSSR count). The van der Waals surface area contributed by atoms with Crippen LogP contribution in [0, 0.1) is 5.41 Å². The van der Waals surface area contributed by atoms with Crippen molar-refractivity contribution in [2.75, 3.05) is 0 Å². The molecule has 1 aromatic rings. The van der Waals surface area contributed by atoms with E-state index in [1.54, 1.807) is 21.6 Å². The Hall–Kier alpha value is -1.00. The van der Waals surface area contributed by atoms with Crippen LogP contribution in [0.1, 0.15) is 13.8 Å². The summed E-state index contributed by atoms with van der Waals surface area (Å²) in [6.07, 6.45) is 6.11. The van der Waals surface area contributed by atoms with Crippen LogP contribution in [0.15, 0.2) is 68.3 Å². The third-order valence-corrected chi connectivity index (χ3v) is 5.71. The normalized spacial score (nSPS) is 22.2. The zero-order valence-electron chi connectivity index (χ0n) is 12.1. The first kappa shape index (κ1) is 17.4. The van der Waals surface area contributed by atoms with Crippen LogP contribution in [0.3, 0.4) is 0 Å². The van der Waals surface area contributed by atoms with Gasteiger partial charge >= 0.3 is 0 Å². The van der Waals surface area contributed by atoms with Crippen molar-refractivity contribution < 1.29 is 0 Å². The average molecular weight is 363 g/mol. The van der Waals surface area contributed by atoms with E-state index in [9.17, 15) is 0 Å². The van der Waals surface area contributed by atoms with E-state index >= 15 is 0 Å². The van der Waals surface area contributed by atoms with Crippen LogP contribution in [0.25, 0.3) is 0 Å². The summed E-state index contributed by atoms with van der Waals surface area (Å²) in [6, 6.07) is 10.2. The van der Waals surface area contributed by atoms with Crippen molar-refractivity contribution in [3.63, 3.8) is 0 Å². The highest BCUT2D eigenvalue weighted by Gasteiger charge is 2.36. The van der Waals surface area contributed by atoms with Gasteiger partial charge in [-0.3, -0.25) is 0 Å². The molecule has 0 aromatic heterocycles. The number of thiocarbonyl (C=S) groups is 2. The van der Waals surface area contributed by atoms with E-state index in [-0.39, 0.29) is 5.41 Å². The molecule has 0 saturated carbocycles. The van der Waals surface area contributed by atoms with Gasteiger partial charge in [0.25, 0.3) is 0 Å². The molecule has 0 spiro atoms. The summed E-state index contributed by atoms with van der Waals surface area (Å²) in [6.45, 7) is 4.26. The Balaban J connectivity index is 2.35. The summed E-state index contributed by atoms with van der Waals surface area (Å²) < 4.78 is 0. The lowest BCUT2D eigenvalue weighted by molar-refractivity contribution is 0.568. The van der Waals surface area contributed by atoms with E-state index in [0.717, 1.165) is 9.80 Å². The molecule has 22 heavy (non-hydrogen) atoms. The zero-order valence-corrected chi connectivity index (χ0v) is 15.4. The minimum absolute atomic E-state index is 0.0724. The van der Waals surface area contributed by atoms with Crippen molar-refractivity contribution in [3.05, 3.63) is 53.5 Å². The second-order valence-corrected chi connectivity index (χ2v) is 7.89. The van der Waals surface area contributed by atoms with Gasteiger partial charge in [-0.2, -0.15) is 9.98 Å². The van der Waals surface area contributed by atoms with Crippen LogP contribution >= 0.6 is 46.0 Å². The number of allylic oxidation sites excluding steroid dienone is 2. The smallest absolute Gasteiger partial charge is 0.191 e. The highest BCUT2D eigenvalue weighted by atomic mass is 33.1. The van der Waals surface area contributed by atoms with E-state index in [0.29, 0.717) is 0 Å². The average Bonchev–Trinajstić information content (AvgIpc) is 2.50. The lowest BCUT2D eigenvalue weighted by atomic mass is 9.85. The molecule has 0 N–H and O–H groups in total. The Kier molecular flexibility index (Phi) is 5.93. The molecule has 0 saturated heterocycles. The summed E-state index contributed by atoms with van der Waals surface area (Å²) >= 11 is 9.58. The Morgan fingerprint density at radius 3 is 2.18 bits per heavy atom. The first-order valence-corrected chi connectivity index (χ1v) is 9.49. The molecule has 6 heteroatoms. The van der Waals surface area contributed by atoms with E-state index < -0.39 is 5.66 Å². The number of benzene rings is 1. The molecule has 0 fully saturated rings. The summed E-state index contributed by atoms with van der Waals surface area (Å²) in [5.74, 6) is 0. The SMILES string of the molecule is CC1(C)C=CC(N=C=S)(N=C=S)C(SSc2ccccc2)=C1. The van der Waals surface area contributed by atoms with Gasteiger partial charge in [0.2, 0.25) is 5.66 Å². The molecule has 0 unspecified atom stereocenters. The summed E-state index contributed by atoms with van der Waals surface area (Å²) in [5, 5.41) is 4.86. The van der Waals surface area contributed by atoms with Gasteiger partial charge in [0.1, 0.15) is 0 Å². The molecule has 0 heterocycles. The van der Waals surface area contributed by atoms with Crippen LogP contribution in [0.4, 0.5) is 0 Å². The quantitative estimate of drug-likeness (QED) is 0.286. The fourth-order valence-electron chi connectivity index (χ4n) is 1.91. The van der Waals surface area contributed by atoms with Gasteiger partial charge in [-0.1, -0.05) is 65.8 Å². The Bertz CT molecular complexity index is 676. The first-order valence-electron chi connectivity index (χ1n) is 6.53. The number of hydrogen-bond acceptors (Lipinski definition) is 6. The summed E-state index contributed by atoms with van der Waals surface area (Å²) in [4.78, 5) is 10.6. The number of nitrogens with zero attached hydrogens (tertiary/aromatic N) is 2. The Morgan fingerprint density at radius 2 is 1.59 bits per heavy atom. The molecule has 112 valence electrons. The second-order valence-electron chi connectivity index (χ2n) is 5.28. The van der Waals surface area contributed by atoms with Gasteiger partial charge in [-0.25, -0.2) is 0 Å². The van der Waals surface area contributed by atoms with Crippen molar-refractivity contribution in [2.45, 2.75) is 24.4 Å². The molecule has 1 aliphatic carbocycles. The lowest BCUT2D eigenvalue weighted by Crippen LogP contribution is -2.27. The van der Waals surface area contributed by atoms with Crippen LogP contribution in [-0.4, -0.2) is 16.0 Å². The monoisotopic (exact) mass is 362 g/mol. The van der Waals surface area contributed by atoms with Crippen LogP contribution in [0.2, 0.25) is 0 Å². The Morgan fingerprint density at radius 1 is 0.955 bits per heavy atom. The van der Waals surface area contributed by atoms with Gasteiger partial charge in [0, 0.05) is 15.2 Å². The molecular weight excluding hydrogens is 348 g/mol. The fourth-order valence-corrected chi connectivity index (χ4v) is 4.68. The van der Waals surface area contributed by atoms with Crippen molar-refractivity contribution in [1.29, 1.82) is 0 Å². The maximum absolute atomic E-state index is 4.79. The molecule has 0 amide bonds. The number of hydrogen-bond donors (Lipinski definition) is 0. The fraction of sp³-hybridized carbons (Fsp3) is 0.250.